The van der Waals surface area contributed by atoms with Crippen molar-refractivity contribution in [3.05, 3.63) is 48.5 Å². The number of carbonyl (C=O) groups is 1. The molecule has 0 aliphatic heterocycles. The molecule has 0 spiro atoms. The van der Waals surface area contributed by atoms with Crippen molar-refractivity contribution in [1.29, 1.82) is 0 Å². The van der Waals surface area contributed by atoms with Crippen LogP contribution in [0.2, 0.25) is 0 Å². The van der Waals surface area contributed by atoms with Gasteiger partial charge in [0.1, 0.15) is 0 Å². The summed E-state index contributed by atoms with van der Waals surface area (Å²) >= 11 is 0. The number of nitrogens with zero attached hydrogens (tertiary/aromatic N) is 4. The van der Waals surface area contributed by atoms with E-state index in [4.69, 9.17) is 4.74 Å². The number of rotatable bonds is 10. The molecule has 3 rings (SSSR count). The molecule has 11 heteroatoms. The van der Waals surface area contributed by atoms with E-state index in [1.165, 1.54) is 19.2 Å². The highest BCUT2D eigenvalue weighted by atomic mass is 32.2. The lowest BCUT2D eigenvalue weighted by atomic mass is 10.2. The van der Waals surface area contributed by atoms with E-state index >= 15 is 0 Å². The molecular formula is C20H24N6O4S. The molecule has 0 amide bonds. The number of benzene rings is 1. The predicted molar refractivity (Wildman–Crippen MR) is 116 cm³/mol. The molecule has 1 aromatic carbocycles. The topological polar surface area (TPSA) is 128 Å². The summed E-state index contributed by atoms with van der Waals surface area (Å²) < 4.78 is 33.6. The Balaban J connectivity index is 1.79. The van der Waals surface area contributed by atoms with Gasteiger partial charge in [-0.05, 0) is 44.2 Å². The van der Waals surface area contributed by atoms with E-state index in [0.29, 0.717) is 35.1 Å². The lowest BCUT2D eigenvalue weighted by Crippen LogP contribution is -2.27. The minimum Gasteiger partial charge on any atom is -0.383 e. The molecule has 31 heavy (non-hydrogen) atoms. The zero-order chi connectivity index (χ0) is 22.4. The highest BCUT2D eigenvalue weighted by molar-refractivity contribution is 7.89. The quantitative estimate of drug-likeness (QED) is 0.360. The normalized spacial score (nSPS) is 11.6. The zero-order valence-corrected chi connectivity index (χ0v) is 18.3. The zero-order valence-electron chi connectivity index (χ0n) is 17.4. The van der Waals surface area contributed by atoms with E-state index in [0.717, 1.165) is 0 Å². The molecule has 2 aromatic heterocycles. The van der Waals surface area contributed by atoms with Crippen LogP contribution in [0, 0.1) is 0 Å². The Morgan fingerprint density at radius 2 is 1.90 bits per heavy atom. The number of nitrogens with one attached hydrogen (secondary N) is 2. The van der Waals surface area contributed by atoms with E-state index in [1.54, 1.807) is 35.2 Å². The maximum absolute atomic E-state index is 12.2. The van der Waals surface area contributed by atoms with Gasteiger partial charge in [0.2, 0.25) is 16.0 Å². The van der Waals surface area contributed by atoms with Gasteiger partial charge in [0.25, 0.3) is 0 Å². The summed E-state index contributed by atoms with van der Waals surface area (Å²) in [7, 11) is -2.10. The summed E-state index contributed by atoms with van der Waals surface area (Å²) in [6, 6.07) is 8.00. The van der Waals surface area contributed by atoms with Gasteiger partial charge in [-0.1, -0.05) is 0 Å². The number of imidazole rings is 1. The molecule has 0 radical (unpaired) electrons. The maximum Gasteiger partial charge on any atom is 0.240 e. The number of sulfonamides is 1. The van der Waals surface area contributed by atoms with Crippen LogP contribution in [0.3, 0.4) is 0 Å². The van der Waals surface area contributed by atoms with E-state index in [1.807, 2.05) is 13.8 Å². The fourth-order valence-corrected chi connectivity index (χ4v) is 3.98. The molecule has 0 aliphatic rings. The lowest BCUT2D eigenvalue weighted by Gasteiger charge is -2.13. The number of aldehydes is 1. The highest BCUT2D eigenvalue weighted by Gasteiger charge is 2.16. The first-order valence-corrected chi connectivity index (χ1v) is 11.1. The predicted octanol–water partition coefficient (Wildman–Crippen LogP) is 2.40. The van der Waals surface area contributed by atoms with Crippen molar-refractivity contribution in [2.75, 3.05) is 25.6 Å². The van der Waals surface area contributed by atoms with Crippen LogP contribution < -0.4 is 10.0 Å². The fraction of sp³-hybridized carbons (Fsp3) is 0.300. The molecule has 2 heterocycles. The number of aromatic nitrogens is 4. The molecule has 0 atom stereocenters. The van der Waals surface area contributed by atoms with E-state index in [-0.39, 0.29) is 24.1 Å². The van der Waals surface area contributed by atoms with Crippen molar-refractivity contribution in [3.63, 3.8) is 0 Å². The van der Waals surface area contributed by atoms with Crippen LogP contribution in [-0.2, 0) is 14.8 Å². The van der Waals surface area contributed by atoms with E-state index in [9.17, 15) is 13.2 Å². The van der Waals surface area contributed by atoms with Crippen molar-refractivity contribution in [3.8, 4) is 11.4 Å². The number of ether oxygens (including phenoxy) is 1. The Hall–Kier alpha value is -3.15. The van der Waals surface area contributed by atoms with Crippen molar-refractivity contribution < 1.29 is 17.9 Å². The van der Waals surface area contributed by atoms with Crippen molar-refractivity contribution in [1.82, 2.24) is 24.2 Å². The van der Waals surface area contributed by atoms with Gasteiger partial charge in [0, 0.05) is 31.6 Å². The summed E-state index contributed by atoms with van der Waals surface area (Å²) in [6.45, 7) is 4.39. The third-order valence-electron chi connectivity index (χ3n) is 4.38. The van der Waals surface area contributed by atoms with Crippen molar-refractivity contribution in [2.45, 2.75) is 24.8 Å². The standard InChI is InChI=1S/C20H24N6O4S/c1-14(2)26-18(12-22-19(26)13-27)17-8-9-21-20(25-17)24-15-4-6-16(7-5-15)31(28,29)23-10-11-30-3/h4-9,12-14,23H,10-11H2,1-3H3,(H,21,24,25). The number of hydrogen-bond donors (Lipinski definition) is 2. The van der Waals surface area contributed by atoms with Gasteiger partial charge in [-0.25, -0.2) is 28.1 Å². The van der Waals surface area contributed by atoms with Gasteiger partial charge in [-0.2, -0.15) is 0 Å². The van der Waals surface area contributed by atoms with Crippen molar-refractivity contribution in [2.24, 2.45) is 0 Å². The van der Waals surface area contributed by atoms with Crippen LogP contribution in [0.1, 0.15) is 30.5 Å². The molecule has 0 saturated heterocycles. The van der Waals surface area contributed by atoms with Crippen LogP contribution >= 0.6 is 0 Å². The molecule has 0 aliphatic carbocycles. The average Bonchev–Trinajstić information content (AvgIpc) is 3.19. The highest BCUT2D eigenvalue weighted by Crippen LogP contribution is 2.24. The summed E-state index contributed by atoms with van der Waals surface area (Å²) in [5.41, 5.74) is 1.93. The summed E-state index contributed by atoms with van der Waals surface area (Å²) in [6.07, 6.45) is 3.91. The molecule has 2 N–H and O–H groups in total. The maximum atomic E-state index is 12.2. The molecule has 3 aromatic rings. The van der Waals surface area contributed by atoms with Gasteiger partial charge < -0.3 is 14.6 Å². The number of methoxy groups -OCH3 is 1. The fourth-order valence-electron chi connectivity index (χ4n) is 2.96. The second kappa shape index (κ2) is 9.77. The molecule has 0 fully saturated rings. The van der Waals surface area contributed by atoms with Crippen LogP contribution in [0.4, 0.5) is 11.6 Å². The van der Waals surface area contributed by atoms with Crippen LogP contribution in [-0.4, -0.2) is 54.5 Å². The molecule has 0 unspecified atom stereocenters. The number of carbonyl (C=O) groups excluding carboxylic acids is 1. The number of hydrogen-bond acceptors (Lipinski definition) is 8. The smallest absolute Gasteiger partial charge is 0.240 e. The minimum atomic E-state index is -3.61. The van der Waals surface area contributed by atoms with Gasteiger partial charge in [0.15, 0.2) is 12.1 Å². The van der Waals surface area contributed by atoms with Crippen molar-refractivity contribution >= 4 is 27.9 Å². The summed E-state index contributed by atoms with van der Waals surface area (Å²) in [5, 5.41) is 3.06. The van der Waals surface area contributed by atoms with Gasteiger partial charge >= 0.3 is 0 Å². The van der Waals surface area contributed by atoms with Gasteiger partial charge in [0.05, 0.1) is 29.1 Å². The van der Waals surface area contributed by atoms with E-state index in [2.05, 4.69) is 25.0 Å². The largest absolute Gasteiger partial charge is 0.383 e. The monoisotopic (exact) mass is 444 g/mol. The minimum absolute atomic E-state index is 0.0241. The first kappa shape index (κ1) is 22.5. The van der Waals surface area contributed by atoms with Crippen LogP contribution in [0.5, 0.6) is 0 Å². The molecule has 0 saturated carbocycles. The van der Waals surface area contributed by atoms with E-state index < -0.39 is 10.0 Å². The Bertz CT molecular complexity index is 1140. The molecule has 164 valence electrons. The number of anilines is 2. The first-order valence-electron chi connectivity index (χ1n) is 9.57. The third kappa shape index (κ3) is 5.32. The van der Waals surface area contributed by atoms with Crippen LogP contribution in [0.15, 0.2) is 47.6 Å². The molecule has 10 nitrogen and oxygen atoms in total. The summed E-state index contributed by atoms with van der Waals surface area (Å²) in [5.74, 6) is 0.657. The summed E-state index contributed by atoms with van der Waals surface area (Å²) in [4.78, 5) is 24.3. The Kier molecular flexibility index (Phi) is 7.10. The molecule has 0 bridgehead atoms. The second-order valence-electron chi connectivity index (χ2n) is 6.89. The van der Waals surface area contributed by atoms with Gasteiger partial charge in [-0.3, -0.25) is 4.79 Å². The van der Waals surface area contributed by atoms with Crippen LogP contribution in [0.25, 0.3) is 11.4 Å². The Labute approximate surface area is 180 Å². The SMILES string of the molecule is COCCNS(=O)(=O)c1ccc(Nc2nccc(-c3cnc(C=O)n3C(C)C)n2)cc1. The lowest BCUT2D eigenvalue weighted by molar-refractivity contribution is 0.111. The molecular weight excluding hydrogens is 420 g/mol. The Morgan fingerprint density at radius 3 is 2.55 bits per heavy atom. The van der Waals surface area contributed by atoms with Gasteiger partial charge in [-0.15, -0.1) is 0 Å². The Morgan fingerprint density at radius 1 is 1.16 bits per heavy atom. The second-order valence-corrected chi connectivity index (χ2v) is 8.66. The average molecular weight is 445 g/mol. The third-order valence-corrected chi connectivity index (χ3v) is 5.86. The first-order chi connectivity index (χ1) is 14.9.